The van der Waals surface area contributed by atoms with E-state index in [1.165, 1.54) is 12.4 Å². The number of hydrogen-bond acceptors (Lipinski definition) is 6. The molecule has 0 radical (unpaired) electrons. The minimum absolute atomic E-state index is 0.0959. The third-order valence-corrected chi connectivity index (χ3v) is 4.01. The Bertz CT molecular complexity index is 852. The van der Waals surface area contributed by atoms with Crippen molar-refractivity contribution in [2.75, 3.05) is 13.2 Å². The second kappa shape index (κ2) is 6.68. The lowest BCUT2D eigenvalue weighted by Gasteiger charge is -2.33. The van der Waals surface area contributed by atoms with Crippen LogP contribution in [0, 0.1) is 0 Å². The molecule has 1 aliphatic rings. The minimum Gasteiger partial charge on any atom is -0.475 e. The Balaban J connectivity index is 1.52. The van der Waals surface area contributed by atoms with Gasteiger partial charge < -0.3 is 9.64 Å². The van der Waals surface area contributed by atoms with Gasteiger partial charge in [-0.3, -0.25) is 14.5 Å². The van der Waals surface area contributed by atoms with Crippen LogP contribution in [0.3, 0.4) is 0 Å². The average molecular weight is 336 g/mol. The van der Waals surface area contributed by atoms with E-state index in [0.717, 1.165) is 5.69 Å². The summed E-state index contributed by atoms with van der Waals surface area (Å²) in [6.07, 6.45) is 7.96. The SMILES string of the molecule is O=C(c1cnccn1)N1Cc2ccnn2C(COc2ccccn2)C1. The summed E-state index contributed by atoms with van der Waals surface area (Å²) in [5.74, 6) is 0.400. The van der Waals surface area contributed by atoms with E-state index in [9.17, 15) is 4.79 Å². The maximum Gasteiger partial charge on any atom is 0.274 e. The fourth-order valence-corrected chi connectivity index (χ4v) is 2.85. The van der Waals surface area contributed by atoms with Crippen LogP contribution in [-0.2, 0) is 6.54 Å². The van der Waals surface area contributed by atoms with E-state index < -0.39 is 0 Å². The van der Waals surface area contributed by atoms with Gasteiger partial charge in [-0.05, 0) is 12.1 Å². The van der Waals surface area contributed by atoms with Crippen LogP contribution in [0.2, 0.25) is 0 Å². The van der Waals surface area contributed by atoms with Crippen molar-refractivity contribution >= 4 is 5.91 Å². The van der Waals surface area contributed by atoms with Crippen molar-refractivity contribution in [1.29, 1.82) is 0 Å². The quantitative estimate of drug-likeness (QED) is 0.715. The minimum atomic E-state index is -0.150. The molecule has 0 aromatic carbocycles. The Morgan fingerprint density at radius 1 is 1.16 bits per heavy atom. The predicted molar refractivity (Wildman–Crippen MR) is 87.8 cm³/mol. The number of hydrogen-bond donors (Lipinski definition) is 0. The molecule has 3 aromatic heterocycles. The van der Waals surface area contributed by atoms with Crippen molar-refractivity contribution in [3.8, 4) is 5.88 Å². The van der Waals surface area contributed by atoms with Crippen LogP contribution in [0.5, 0.6) is 5.88 Å². The highest BCUT2D eigenvalue weighted by Crippen LogP contribution is 2.22. The van der Waals surface area contributed by atoms with Crippen molar-refractivity contribution in [2.45, 2.75) is 12.6 Å². The van der Waals surface area contributed by atoms with Gasteiger partial charge in [-0.1, -0.05) is 6.07 Å². The molecule has 0 N–H and O–H groups in total. The van der Waals surface area contributed by atoms with Gasteiger partial charge in [0.05, 0.1) is 18.4 Å². The van der Waals surface area contributed by atoms with E-state index in [2.05, 4.69) is 20.1 Å². The predicted octanol–water partition coefficient (Wildman–Crippen LogP) is 1.34. The summed E-state index contributed by atoms with van der Waals surface area (Å²) in [5.41, 5.74) is 1.29. The Morgan fingerprint density at radius 2 is 2.12 bits per heavy atom. The van der Waals surface area contributed by atoms with Crippen molar-refractivity contribution in [3.63, 3.8) is 0 Å². The van der Waals surface area contributed by atoms with Crippen LogP contribution in [0.1, 0.15) is 22.2 Å². The van der Waals surface area contributed by atoms with Crippen molar-refractivity contribution in [1.82, 2.24) is 29.6 Å². The second-order valence-corrected chi connectivity index (χ2v) is 5.68. The Labute approximate surface area is 144 Å². The molecule has 0 aliphatic carbocycles. The average Bonchev–Trinajstić information content (AvgIpc) is 3.16. The lowest BCUT2D eigenvalue weighted by atomic mass is 10.2. The zero-order valence-corrected chi connectivity index (χ0v) is 13.4. The number of aromatic nitrogens is 5. The standard InChI is InChI=1S/C17H16N6O2/c24-17(15-9-18-7-8-19-15)22-10-13-4-6-21-23(13)14(11-22)12-25-16-3-1-2-5-20-16/h1-9,14H,10-12H2. The van der Waals surface area contributed by atoms with E-state index in [1.54, 1.807) is 29.6 Å². The number of fused-ring (bicyclic) bond motifs is 1. The zero-order valence-electron chi connectivity index (χ0n) is 13.4. The van der Waals surface area contributed by atoms with Crippen LogP contribution >= 0.6 is 0 Å². The number of nitrogens with zero attached hydrogens (tertiary/aromatic N) is 6. The Hall–Kier alpha value is -3.29. The van der Waals surface area contributed by atoms with Gasteiger partial charge in [0, 0.05) is 37.4 Å². The fourth-order valence-electron chi connectivity index (χ4n) is 2.85. The second-order valence-electron chi connectivity index (χ2n) is 5.68. The molecule has 0 saturated carbocycles. The lowest BCUT2D eigenvalue weighted by Crippen LogP contribution is -2.43. The molecule has 25 heavy (non-hydrogen) atoms. The third-order valence-electron chi connectivity index (χ3n) is 4.01. The summed E-state index contributed by atoms with van der Waals surface area (Å²) < 4.78 is 7.67. The number of ether oxygens (including phenoxy) is 1. The van der Waals surface area contributed by atoms with E-state index in [0.29, 0.717) is 31.3 Å². The van der Waals surface area contributed by atoms with Crippen molar-refractivity contribution in [3.05, 3.63) is 66.6 Å². The summed E-state index contributed by atoms with van der Waals surface area (Å²) in [6, 6.07) is 7.31. The molecular formula is C17H16N6O2. The molecule has 4 rings (SSSR count). The first kappa shape index (κ1) is 15.3. The summed E-state index contributed by atoms with van der Waals surface area (Å²) in [6.45, 7) is 1.34. The van der Waals surface area contributed by atoms with Gasteiger partial charge >= 0.3 is 0 Å². The molecular weight excluding hydrogens is 320 g/mol. The highest BCUT2D eigenvalue weighted by molar-refractivity contribution is 5.92. The van der Waals surface area contributed by atoms with Gasteiger partial charge in [0.1, 0.15) is 18.3 Å². The van der Waals surface area contributed by atoms with Gasteiger partial charge in [0.25, 0.3) is 5.91 Å². The first-order valence-corrected chi connectivity index (χ1v) is 7.93. The molecule has 126 valence electrons. The van der Waals surface area contributed by atoms with E-state index in [4.69, 9.17) is 4.74 Å². The summed E-state index contributed by atoms with van der Waals surface area (Å²) in [7, 11) is 0. The highest BCUT2D eigenvalue weighted by Gasteiger charge is 2.30. The van der Waals surface area contributed by atoms with Crippen LogP contribution in [0.15, 0.2) is 55.2 Å². The molecule has 0 saturated heterocycles. The lowest BCUT2D eigenvalue weighted by molar-refractivity contribution is 0.0625. The van der Waals surface area contributed by atoms with Gasteiger partial charge in [-0.25, -0.2) is 9.97 Å². The highest BCUT2D eigenvalue weighted by atomic mass is 16.5. The summed E-state index contributed by atoms with van der Waals surface area (Å²) >= 11 is 0. The van der Waals surface area contributed by atoms with E-state index >= 15 is 0 Å². The normalized spacial score (nSPS) is 16.3. The van der Waals surface area contributed by atoms with Gasteiger partial charge in [0.15, 0.2) is 0 Å². The first-order chi connectivity index (χ1) is 12.3. The van der Waals surface area contributed by atoms with E-state index in [1.807, 2.05) is 22.9 Å². The first-order valence-electron chi connectivity index (χ1n) is 7.93. The molecule has 1 atom stereocenters. The molecule has 0 fully saturated rings. The third kappa shape index (κ3) is 3.18. The van der Waals surface area contributed by atoms with Crippen molar-refractivity contribution < 1.29 is 9.53 Å². The van der Waals surface area contributed by atoms with E-state index in [-0.39, 0.29) is 11.9 Å². The smallest absolute Gasteiger partial charge is 0.274 e. The fraction of sp³-hybridized carbons (Fsp3) is 0.235. The molecule has 1 aliphatic heterocycles. The van der Waals surface area contributed by atoms with Gasteiger partial charge in [-0.15, -0.1) is 0 Å². The maximum atomic E-state index is 12.7. The number of carbonyl (C=O) groups is 1. The molecule has 0 spiro atoms. The van der Waals surface area contributed by atoms with Gasteiger partial charge in [0.2, 0.25) is 5.88 Å². The largest absolute Gasteiger partial charge is 0.475 e. The van der Waals surface area contributed by atoms with Crippen LogP contribution in [0.25, 0.3) is 0 Å². The maximum absolute atomic E-state index is 12.7. The summed E-state index contributed by atoms with van der Waals surface area (Å²) in [4.78, 5) is 26.7. The molecule has 1 unspecified atom stereocenters. The topological polar surface area (TPSA) is 86.0 Å². The molecule has 0 bridgehead atoms. The van der Waals surface area contributed by atoms with Gasteiger partial charge in [-0.2, -0.15) is 5.10 Å². The molecule has 8 nitrogen and oxygen atoms in total. The Morgan fingerprint density at radius 3 is 2.92 bits per heavy atom. The number of carbonyl (C=O) groups excluding carboxylic acids is 1. The Kier molecular flexibility index (Phi) is 4.07. The summed E-state index contributed by atoms with van der Waals surface area (Å²) in [5, 5.41) is 4.37. The number of pyridine rings is 1. The molecule has 4 heterocycles. The van der Waals surface area contributed by atoms with Crippen LogP contribution < -0.4 is 4.74 Å². The van der Waals surface area contributed by atoms with Crippen molar-refractivity contribution in [2.24, 2.45) is 0 Å². The number of rotatable bonds is 4. The molecule has 8 heteroatoms. The zero-order chi connectivity index (χ0) is 17.1. The van der Waals surface area contributed by atoms with Crippen LogP contribution in [0.4, 0.5) is 0 Å². The molecule has 3 aromatic rings. The number of amides is 1. The van der Waals surface area contributed by atoms with Crippen LogP contribution in [-0.4, -0.2) is 48.7 Å². The molecule has 1 amide bonds. The monoisotopic (exact) mass is 336 g/mol.